The lowest BCUT2D eigenvalue weighted by Gasteiger charge is -2.08. The first-order valence-electron chi connectivity index (χ1n) is 5.12. The van der Waals surface area contributed by atoms with E-state index in [-0.39, 0.29) is 0 Å². The third kappa shape index (κ3) is 1.88. The summed E-state index contributed by atoms with van der Waals surface area (Å²) in [4.78, 5) is 5.08. The van der Waals surface area contributed by atoms with Crippen LogP contribution >= 0.6 is 11.3 Å². The molecule has 0 saturated carbocycles. The van der Waals surface area contributed by atoms with E-state index in [1.807, 2.05) is 12.1 Å². The van der Waals surface area contributed by atoms with Crippen molar-refractivity contribution in [3.63, 3.8) is 0 Å². The van der Waals surface area contributed by atoms with Crippen LogP contribution in [0.5, 0.6) is 5.75 Å². The minimum absolute atomic E-state index is 0.595. The molecule has 0 saturated heterocycles. The van der Waals surface area contributed by atoms with Gasteiger partial charge in [0.1, 0.15) is 11.6 Å². The number of aryl methyl sites for hydroxylation is 1. The molecule has 0 fully saturated rings. The first-order chi connectivity index (χ1) is 7.76. The van der Waals surface area contributed by atoms with E-state index in [2.05, 4.69) is 18.0 Å². The number of benzene rings is 1. The van der Waals surface area contributed by atoms with Gasteiger partial charge in [0.25, 0.3) is 0 Å². The molecule has 0 bridgehead atoms. The van der Waals surface area contributed by atoms with Crippen LogP contribution in [0.4, 0.5) is 5.82 Å². The number of nitrogen functional groups attached to an aromatic ring is 1. The zero-order chi connectivity index (χ0) is 11.5. The van der Waals surface area contributed by atoms with Gasteiger partial charge in [-0.05, 0) is 35.7 Å². The molecule has 2 aromatic rings. The van der Waals surface area contributed by atoms with Crippen LogP contribution in [0.3, 0.4) is 0 Å². The summed E-state index contributed by atoms with van der Waals surface area (Å²) < 4.78 is 5.30. The quantitative estimate of drug-likeness (QED) is 0.888. The van der Waals surface area contributed by atoms with Crippen LogP contribution < -0.4 is 10.5 Å². The van der Waals surface area contributed by atoms with Gasteiger partial charge in [-0.3, -0.25) is 0 Å². The zero-order valence-corrected chi connectivity index (χ0v) is 10.2. The Hall–Kier alpha value is -1.55. The summed E-state index contributed by atoms with van der Waals surface area (Å²) in [5.41, 5.74) is 9.86. The average Bonchev–Trinajstić information content (AvgIpc) is 2.74. The third-order valence-corrected chi connectivity index (χ3v) is 3.41. The first-order valence-corrected chi connectivity index (χ1v) is 6.00. The van der Waals surface area contributed by atoms with Crippen molar-refractivity contribution in [2.24, 2.45) is 0 Å². The fraction of sp³-hybridized carbons (Fsp3) is 0.250. The molecule has 1 heterocycles. The number of anilines is 1. The van der Waals surface area contributed by atoms with Crippen molar-refractivity contribution in [1.29, 1.82) is 0 Å². The molecule has 0 unspecified atom stereocenters. The number of rotatable bonds is 3. The van der Waals surface area contributed by atoms with Gasteiger partial charge in [0.2, 0.25) is 0 Å². The van der Waals surface area contributed by atoms with Crippen LogP contribution in [0.1, 0.15) is 12.5 Å². The lowest BCUT2D eigenvalue weighted by atomic mass is 10.1. The fourth-order valence-corrected chi connectivity index (χ4v) is 2.38. The number of hydrogen-bond acceptors (Lipinski definition) is 4. The molecule has 0 aliphatic carbocycles. The number of nitrogens with zero attached hydrogens (tertiary/aromatic N) is 1. The molecule has 2 N–H and O–H groups in total. The van der Waals surface area contributed by atoms with Crippen molar-refractivity contribution in [2.45, 2.75) is 13.3 Å². The first kappa shape index (κ1) is 11.0. The lowest BCUT2D eigenvalue weighted by Crippen LogP contribution is -1.92. The predicted molar refractivity (Wildman–Crippen MR) is 67.9 cm³/mol. The van der Waals surface area contributed by atoms with E-state index in [1.165, 1.54) is 5.56 Å². The van der Waals surface area contributed by atoms with Crippen LogP contribution in [-0.2, 0) is 6.42 Å². The summed E-state index contributed by atoms with van der Waals surface area (Å²) in [6.45, 7) is 2.11. The highest BCUT2D eigenvalue weighted by atomic mass is 32.1. The van der Waals surface area contributed by atoms with Crippen molar-refractivity contribution < 1.29 is 4.74 Å². The maximum absolute atomic E-state index is 5.80. The van der Waals surface area contributed by atoms with Crippen molar-refractivity contribution in [2.75, 3.05) is 12.8 Å². The Balaban J connectivity index is 2.48. The SMILES string of the molecule is CCc1cc(-c2scnc2N)ccc1OC. The molecule has 1 aromatic carbocycles. The second-order valence-electron chi connectivity index (χ2n) is 3.45. The molecule has 0 aliphatic rings. The molecule has 0 atom stereocenters. The molecule has 0 radical (unpaired) electrons. The van der Waals surface area contributed by atoms with Gasteiger partial charge in [0.15, 0.2) is 0 Å². The summed E-state index contributed by atoms with van der Waals surface area (Å²) in [6.07, 6.45) is 0.940. The number of hydrogen-bond donors (Lipinski definition) is 1. The molecule has 0 aliphatic heterocycles. The third-order valence-electron chi connectivity index (χ3n) is 2.52. The van der Waals surface area contributed by atoms with E-state index >= 15 is 0 Å². The fourth-order valence-electron chi connectivity index (χ4n) is 1.67. The molecule has 2 rings (SSSR count). The molecule has 4 heteroatoms. The smallest absolute Gasteiger partial charge is 0.142 e. The average molecular weight is 234 g/mol. The highest BCUT2D eigenvalue weighted by molar-refractivity contribution is 7.13. The minimum Gasteiger partial charge on any atom is -0.496 e. The minimum atomic E-state index is 0.595. The van der Waals surface area contributed by atoms with Gasteiger partial charge in [-0.1, -0.05) is 6.92 Å². The Morgan fingerprint density at radius 3 is 2.81 bits per heavy atom. The molecule has 3 nitrogen and oxygen atoms in total. The number of methoxy groups -OCH3 is 1. The maximum atomic E-state index is 5.80. The highest BCUT2D eigenvalue weighted by Crippen LogP contribution is 2.32. The summed E-state index contributed by atoms with van der Waals surface area (Å²) in [7, 11) is 1.69. The molecule has 0 spiro atoms. The van der Waals surface area contributed by atoms with Crippen molar-refractivity contribution in [1.82, 2.24) is 4.98 Å². The standard InChI is InChI=1S/C12H14N2OS/c1-3-8-6-9(4-5-10(8)15-2)11-12(13)14-7-16-11/h4-7H,3,13H2,1-2H3. The molecular formula is C12H14N2OS. The monoisotopic (exact) mass is 234 g/mol. The van der Waals surface area contributed by atoms with Crippen LogP contribution in [0.25, 0.3) is 10.4 Å². The molecular weight excluding hydrogens is 220 g/mol. The van der Waals surface area contributed by atoms with E-state index < -0.39 is 0 Å². The molecule has 16 heavy (non-hydrogen) atoms. The predicted octanol–water partition coefficient (Wildman–Crippen LogP) is 2.96. The van der Waals surface area contributed by atoms with Gasteiger partial charge < -0.3 is 10.5 Å². The number of nitrogens with two attached hydrogens (primary N) is 1. The van der Waals surface area contributed by atoms with Gasteiger partial charge in [-0.15, -0.1) is 11.3 Å². The Labute approximate surface area is 98.9 Å². The van der Waals surface area contributed by atoms with Crippen LogP contribution in [0.15, 0.2) is 23.7 Å². The van der Waals surface area contributed by atoms with Gasteiger partial charge in [0, 0.05) is 0 Å². The Morgan fingerprint density at radius 1 is 1.44 bits per heavy atom. The molecule has 1 aromatic heterocycles. The Morgan fingerprint density at radius 2 is 2.25 bits per heavy atom. The highest BCUT2D eigenvalue weighted by Gasteiger charge is 2.08. The van der Waals surface area contributed by atoms with Crippen LogP contribution in [0.2, 0.25) is 0 Å². The number of thiazole rings is 1. The van der Waals surface area contributed by atoms with Gasteiger partial charge in [-0.25, -0.2) is 4.98 Å². The van der Waals surface area contributed by atoms with E-state index in [1.54, 1.807) is 24.0 Å². The van der Waals surface area contributed by atoms with Gasteiger partial charge in [0.05, 0.1) is 17.5 Å². The van der Waals surface area contributed by atoms with Gasteiger partial charge >= 0.3 is 0 Å². The zero-order valence-electron chi connectivity index (χ0n) is 9.36. The Kier molecular flexibility index (Phi) is 3.10. The van der Waals surface area contributed by atoms with E-state index in [0.717, 1.165) is 22.6 Å². The van der Waals surface area contributed by atoms with Crippen molar-refractivity contribution >= 4 is 17.2 Å². The second kappa shape index (κ2) is 4.53. The van der Waals surface area contributed by atoms with E-state index in [9.17, 15) is 0 Å². The Bertz CT molecular complexity index is 494. The van der Waals surface area contributed by atoms with Crippen LogP contribution in [-0.4, -0.2) is 12.1 Å². The summed E-state index contributed by atoms with van der Waals surface area (Å²) in [6, 6.07) is 6.11. The number of aromatic nitrogens is 1. The number of ether oxygens (including phenoxy) is 1. The van der Waals surface area contributed by atoms with E-state index in [4.69, 9.17) is 10.5 Å². The summed E-state index contributed by atoms with van der Waals surface area (Å²) in [5.74, 6) is 1.52. The maximum Gasteiger partial charge on any atom is 0.142 e. The normalized spacial score (nSPS) is 10.4. The van der Waals surface area contributed by atoms with Crippen LogP contribution in [0, 0.1) is 0 Å². The summed E-state index contributed by atoms with van der Waals surface area (Å²) in [5, 5.41) is 0. The second-order valence-corrected chi connectivity index (χ2v) is 4.30. The summed E-state index contributed by atoms with van der Waals surface area (Å²) >= 11 is 1.56. The molecule has 0 amide bonds. The topological polar surface area (TPSA) is 48.1 Å². The van der Waals surface area contributed by atoms with Crippen molar-refractivity contribution in [3.8, 4) is 16.2 Å². The van der Waals surface area contributed by atoms with Crippen molar-refractivity contribution in [3.05, 3.63) is 29.3 Å². The molecule has 84 valence electrons. The van der Waals surface area contributed by atoms with Gasteiger partial charge in [-0.2, -0.15) is 0 Å². The largest absolute Gasteiger partial charge is 0.496 e. The lowest BCUT2D eigenvalue weighted by molar-refractivity contribution is 0.410. The van der Waals surface area contributed by atoms with E-state index in [0.29, 0.717) is 5.82 Å².